The summed E-state index contributed by atoms with van der Waals surface area (Å²) in [6.07, 6.45) is 0. The summed E-state index contributed by atoms with van der Waals surface area (Å²) in [4.78, 5) is 14.1. The van der Waals surface area contributed by atoms with Gasteiger partial charge in [-0.3, -0.25) is 4.79 Å². The van der Waals surface area contributed by atoms with Gasteiger partial charge in [0.05, 0.1) is 5.52 Å². The number of phenolic OH excluding ortho intramolecular Hbond substituents is 2. The van der Waals surface area contributed by atoms with Gasteiger partial charge in [0, 0.05) is 29.3 Å². The number of esters is 1. The Morgan fingerprint density at radius 1 is 1.05 bits per heavy atom. The van der Waals surface area contributed by atoms with E-state index in [0.717, 1.165) is 16.3 Å². The van der Waals surface area contributed by atoms with Crippen molar-refractivity contribution in [1.29, 1.82) is 0 Å². The zero-order chi connectivity index (χ0) is 13.6. The molecule has 5 nitrogen and oxygen atoms in total. The third-order valence-corrected chi connectivity index (χ3v) is 2.93. The van der Waals surface area contributed by atoms with Crippen LogP contribution >= 0.6 is 0 Å². The van der Waals surface area contributed by atoms with Crippen molar-refractivity contribution < 1.29 is 19.7 Å². The van der Waals surface area contributed by atoms with Crippen LogP contribution in [0.15, 0.2) is 30.3 Å². The maximum Gasteiger partial charge on any atom is 0.308 e. The number of H-pyrrole nitrogens is 1. The van der Waals surface area contributed by atoms with Crippen molar-refractivity contribution in [2.75, 3.05) is 0 Å². The number of nitrogens with one attached hydrogen (secondary N) is 1. The van der Waals surface area contributed by atoms with Crippen LogP contribution in [0.4, 0.5) is 0 Å². The van der Waals surface area contributed by atoms with E-state index in [2.05, 4.69) is 4.98 Å². The number of hydrogen-bond acceptors (Lipinski definition) is 4. The van der Waals surface area contributed by atoms with Gasteiger partial charge >= 0.3 is 5.97 Å². The number of ether oxygens (including phenoxy) is 1. The van der Waals surface area contributed by atoms with Crippen LogP contribution in [-0.2, 0) is 4.79 Å². The van der Waals surface area contributed by atoms with Crippen molar-refractivity contribution in [3.8, 4) is 17.2 Å². The van der Waals surface area contributed by atoms with Crippen molar-refractivity contribution >= 4 is 27.8 Å². The van der Waals surface area contributed by atoms with Gasteiger partial charge in [-0.25, -0.2) is 0 Å². The van der Waals surface area contributed by atoms with E-state index in [1.807, 2.05) is 0 Å². The van der Waals surface area contributed by atoms with E-state index in [1.54, 1.807) is 18.2 Å². The van der Waals surface area contributed by atoms with Gasteiger partial charge in [0.15, 0.2) is 11.5 Å². The molecule has 0 saturated heterocycles. The summed E-state index contributed by atoms with van der Waals surface area (Å²) in [5, 5.41) is 20.6. The molecule has 0 aliphatic carbocycles. The summed E-state index contributed by atoms with van der Waals surface area (Å²) in [6, 6.07) is 8.10. The Balaban J connectivity index is 2.28. The fourth-order valence-electron chi connectivity index (χ4n) is 2.13. The molecule has 2 aromatic carbocycles. The topological polar surface area (TPSA) is 82.6 Å². The summed E-state index contributed by atoms with van der Waals surface area (Å²) >= 11 is 0. The molecule has 96 valence electrons. The van der Waals surface area contributed by atoms with Crippen LogP contribution in [0.3, 0.4) is 0 Å². The Morgan fingerprint density at radius 3 is 2.47 bits per heavy atom. The fraction of sp³-hybridized carbons (Fsp3) is 0.0714. The van der Waals surface area contributed by atoms with Crippen LogP contribution in [0.2, 0.25) is 0 Å². The number of aromatic nitrogens is 1. The van der Waals surface area contributed by atoms with E-state index in [1.165, 1.54) is 19.1 Å². The second-order valence-corrected chi connectivity index (χ2v) is 4.31. The minimum absolute atomic E-state index is 0.181. The van der Waals surface area contributed by atoms with Crippen LogP contribution in [0.5, 0.6) is 17.2 Å². The van der Waals surface area contributed by atoms with E-state index >= 15 is 0 Å². The zero-order valence-corrected chi connectivity index (χ0v) is 10.1. The van der Waals surface area contributed by atoms with E-state index in [9.17, 15) is 15.0 Å². The maximum atomic E-state index is 10.9. The molecule has 0 aliphatic rings. The largest absolute Gasteiger partial charge is 0.504 e. The Labute approximate surface area is 108 Å². The molecule has 3 rings (SSSR count). The van der Waals surface area contributed by atoms with E-state index < -0.39 is 0 Å². The summed E-state index contributed by atoms with van der Waals surface area (Å²) in [6.45, 7) is 1.34. The Hall–Kier alpha value is -2.69. The average molecular weight is 257 g/mol. The number of hydrogen-bond donors (Lipinski definition) is 3. The van der Waals surface area contributed by atoms with Gasteiger partial charge in [-0.05, 0) is 24.3 Å². The van der Waals surface area contributed by atoms with E-state index in [-0.39, 0.29) is 17.5 Å². The molecule has 0 amide bonds. The molecule has 0 spiro atoms. The van der Waals surface area contributed by atoms with Gasteiger partial charge < -0.3 is 19.9 Å². The maximum absolute atomic E-state index is 10.9. The van der Waals surface area contributed by atoms with Crippen molar-refractivity contribution in [2.45, 2.75) is 6.92 Å². The highest BCUT2D eigenvalue weighted by Crippen LogP contribution is 2.35. The lowest BCUT2D eigenvalue weighted by atomic mass is 10.1. The molecule has 0 radical (unpaired) electrons. The van der Waals surface area contributed by atoms with Crippen LogP contribution in [0.1, 0.15) is 6.92 Å². The summed E-state index contributed by atoms with van der Waals surface area (Å²) in [5.41, 5.74) is 1.53. The third kappa shape index (κ3) is 1.85. The monoisotopic (exact) mass is 257 g/mol. The Morgan fingerprint density at radius 2 is 1.74 bits per heavy atom. The smallest absolute Gasteiger partial charge is 0.308 e. The van der Waals surface area contributed by atoms with Gasteiger partial charge in [-0.15, -0.1) is 0 Å². The fourth-order valence-corrected chi connectivity index (χ4v) is 2.13. The standard InChI is InChI=1S/C14H11NO4/c1-7(16)19-8-2-3-11-9(4-8)10-5-13(17)14(18)6-12(10)15-11/h2-6,15,17-18H,1H3. The second kappa shape index (κ2) is 3.91. The van der Waals surface area contributed by atoms with E-state index in [4.69, 9.17) is 4.74 Å². The molecule has 3 aromatic rings. The number of carbonyl (C=O) groups is 1. The highest BCUT2D eigenvalue weighted by molar-refractivity contribution is 6.08. The lowest BCUT2D eigenvalue weighted by Crippen LogP contribution is -2.00. The van der Waals surface area contributed by atoms with Crippen molar-refractivity contribution in [1.82, 2.24) is 4.98 Å². The first kappa shape index (κ1) is 11.4. The third-order valence-electron chi connectivity index (χ3n) is 2.93. The molecule has 19 heavy (non-hydrogen) atoms. The van der Waals surface area contributed by atoms with Gasteiger partial charge in [0.2, 0.25) is 0 Å². The van der Waals surface area contributed by atoms with Crippen LogP contribution < -0.4 is 4.74 Å². The van der Waals surface area contributed by atoms with Gasteiger partial charge in [-0.2, -0.15) is 0 Å². The molecule has 3 N–H and O–H groups in total. The molecular weight excluding hydrogens is 246 g/mol. The number of fused-ring (bicyclic) bond motifs is 3. The highest BCUT2D eigenvalue weighted by Gasteiger charge is 2.10. The minimum Gasteiger partial charge on any atom is -0.504 e. The molecule has 0 saturated carbocycles. The highest BCUT2D eigenvalue weighted by atomic mass is 16.5. The molecule has 0 aliphatic heterocycles. The molecule has 0 unspecified atom stereocenters. The molecule has 0 fully saturated rings. The average Bonchev–Trinajstić information content (AvgIpc) is 2.67. The first-order valence-corrected chi connectivity index (χ1v) is 5.70. The predicted octanol–water partition coefficient (Wildman–Crippen LogP) is 2.66. The van der Waals surface area contributed by atoms with Crippen molar-refractivity contribution in [2.24, 2.45) is 0 Å². The van der Waals surface area contributed by atoms with E-state index in [0.29, 0.717) is 11.3 Å². The number of rotatable bonds is 1. The summed E-state index contributed by atoms with van der Waals surface area (Å²) < 4.78 is 5.03. The molecular formula is C14H11NO4. The minimum atomic E-state index is -0.389. The first-order valence-electron chi connectivity index (χ1n) is 5.70. The first-order chi connectivity index (χ1) is 9.04. The van der Waals surface area contributed by atoms with Crippen LogP contribution in [0, 0.1) is 0 Å². The Kier molecular flexibility index (Phi) is 2.35. The number of benzene rings is 2. The summed E-state index contributed by atoms with van der Waals surface area (Å²) in [7, 11) is 0. The predicted molar refractivity (Wildman–Crippen MR) is 70.4 cm³/mol. The number of carbonyl (C=O) groups excluding carboxylic acids is 1. The normalized spacial score (nSPS) is 11.0. The quantitative estimate of drug-likeness (QED) is 0.355. The molecule has 0 bridgehead atoms. The Bertz CT molecular complexity index is 804. The van der Waals surface area contributed by atoms with Crippen molar-refractivity contribution in [3.05, 3.63) is 30.3 Å². The summed E-state index contributed by atoms with van der Waals surface area (Å²) in [5.74, 6) is -0.321. The van der Waals surface area contributed by atoms with Crippen molar-refractivity contribution in [3.63, 3.8) is 0 Å². The number of aromatic hydroxyl groups is 2. The number of aromatic amines is 1. The van der Waals surface area contributed by atoms with Crippen LogP contribution in [0.25, 0.3) is 21.8 Å². The lowest BCUT2D eigenvalue weighted by molar-refractivity contribution is -0.131. The van der Waals surface area contributed by atoms with Gasteiger partial charge in [-0.1, -0.05) is 0 Å². The zero-order valence-electron chi connectivity index (χ0n) is 10.1. The molecule has 0 atom stereocenters. The number of phenols is 2. The molecule has 1 heterocycles. The SMILES string of the molecule is CC(=O)Oc1ccc2[nH]c3cc(O)c(O)cc3c2c1. The van der Waals surface area contributed by atoms with Crippen LogP contribution in [-0.4, -0.2) is 21.2 Å². The second-order valence-electron chi connectivity index (χ2n) is 4.31. The molecule has 1 aromatic heterocycles. The van der Waals surface area contributed by atoms with Gasteiger partial charge in [0.25, 0.3) is 0 Å². The van der Waals surface area contributed by atoms with Gasteiger partial charge in [0.1, 0.15) is 5.75 Å². The molecule has 5 heteroatoms. The lowest BCUT2D eigenvalue weighted by Gasteiger charge is -2.01.